The molecule has 1 aliphatic carbocycles. The van der Waals surface area contributed by atoms with Crippen molar-refractivity contribution < 1.29 is 4.74 Å². The number of halogens is 1. The Morgan fingerprint density at radius 3 is 2.67 bits per heavy atom. The van der Waals surface area contributed by atoms with E-state index < -0.39 is 0 Å². The minimum atomic E-state index is 0. The summed E-state index contributed by atoms with van der Waals surface area (Å²) in [4.78, 5) is 0. The van der Waals surface area contributed by atoms with Crippen LogP contribution in [0.25, 0.3) is 0 Å². The van der Waals surface area contributed by atoms with Crippen LogP contribution in [0, 0.1) is 5.92 Å². The second-order valence-corrected chi connectivity index (χ2v) is 2.76. The molecule has 1 saturated heterocycles. The lowest BCUT2D eigenvalue weighted by molar-refractivity contribution is 0.0191. The number of hydrogen-bond donors (Lipinski definition) is 1. The molecule has 0 bridgehead atoms. The van der Waals surface area contributed by atoms with Crippen LogP contribution < -0.4 is 5.73 Å². The van der Waals surface area contributed by atoms with E-state index in [9.17, 15) is 0 Å². The van der Waals surface area contributed by atoms with Crippen LogP contribution in [-0.4, -0.2) is 18.8 Å². The number of fused-ring (bicyclic) bond motifs is 1. The first kappa shape index (κ1) is 7.32. The van der Waals surface area contributed by atoms with Gasteiger partial charge < -0.3 is 10.5 Å². The predicted molar refractivity (Wildman–Crippen MR) is 37.7 cm³/mol. The first-order chi connectivity index (χ1) is 3.88. The Bertz CT molecular complexity index is 109. The zero-order chi connectivity index (χ0) is 5.56. The Morgan fingerprint density at radius 2 is 2.22 bits per heavy atom. The van der Waals surface area contributed by atoms with Crippen LogP contribution in [0.1, 0.15) is 12.8 Å². The van der Waals surface area contributed by atoms with Crippen molar-refractivity contribution in [1.29, 1.82) is 0 Å². The van der Waals surface area contributed by atoms with E-state index in [1.54, 1.807) is 0 Å². The molecular weight excluding hydrogens is 138 g/mol. The molecule has 2 aliphatic rings. The second-order valence-electron chi connectivity index (χ2n) is 2.76. The molecule has 54 valence electrons. The van der Waals surface area contributed by atoms with E-state index in [1.165, 1.54) is 6.42 Å². The van der Waals surface area contributed by atoms with Crippen LogP contribution in [0.3, 0.4) is 0 Å². The van der Waals surface area contributed by atoms with Crippen LogP contribution >= 0.6 is 12.4 Å². The summed E-state index contributed by atoms with van der Waals surface area (Å²) in [5.74, 6) is 0.718. The van der Waals surface area contributed by atoms with Crippen molar-refractivity contribution in [3.8, 4) is 0 Å². The lowest BCUT2D eigenvalue weighted by Gasteiger charge is -2.35. The smallest absolute Gasteiger partial charge is 0.0633 e. The van der Waals surface area contributed by atoms with E-state index in [1.807, 2.05) is 0 Å². The van der Waals surface area contributed by atoms with E-state index in [0.29, 0.717) is 12.1 Å². The molecule has 0 radical (unpaired) electrons. The maximum Gasteiger partial charge on any atom is 0.0633 e. The van der Waals surface area contributed by atoms with E-state index in [4.69, 9.17) is 10.5 Å². The van der Waals surface area contributed by atoms with Gasteiger partial charge >= 0.3 is 0 Å². The summed E-state index contributed by atoms with van der Waals surface area (Å²) in [5, 5.41) is 0. The van der Waals surface area contributed by atoms with Crippen molar-refractivity contribution in [1.82, 2.24) is 0 Å². The van der Waals surface area contributed by atoms with Gasteiger partial charge in [-0.1, -0.05) is 0 Å². The highest BCUT2D eigenvalue weighted by Crippen LogP contribution is 2.36. The van der Waals surface area contributed by atoms with Gasteiger partial charge in [0.1, 0.15) is 0 Å². The van der Waals surface area contributed by atoms with Crippen molar-refractivity contribution in [3.63, 3.8) is 0 Å². The maximum atomic E-state index is 5.68. The van der Waals surface area contributed by atoms with Crippen LogP contribution in [0.15, 0.2) is 0 Å². The summed E-state index contributed by atoms with van der Waals surface area (Å²) in [7, 11) is 0. The van der Waals surface area contributed by atoms with Crippen molar-refractivity contribution in [2.75, 3.05) is 6.61 Å². The minimum Gasteiger partial charge on any atom is -0.378 e. The minimum absolute atomic E-state index is 0. The summed E-state index contributed by atoms with van der Waals surface area (Å²) < 4.78 is 5.34. The molecule has 0 unspecified atom stereocenters. The normalized spacial score (nSPS) is 47.0. The Kier molecular flexibility index (Phi) is 1.99. The van der Waals surface area contributed by atoms with Crippen LogP contribution in [0.5, 0.6) is 0 Å². The standard InChI is InChI=1S/C6H11NO.ClH/c7-5-3-6-4(5)1-2-8-6;/h4-6H,1-3,7H2;1H/t4-,5+,6+;/m0./s1. The zero-order valence-electron chi connectivity index (χ0n) is 5.25. The van der Waals surface area contributed by atoms with Crippen molar-refractivity contribution in [3.05, 3.63) is 0 Å². The van der Waals surface area contributed by atoms with Gasteiger partial charge in [0.05, 0.1) is 6.10 Å². The fourth-order valence-corrected chi connectivity index (χ4v) is 1.64. The summed E-state index contributed by atoms with van der Waals surface area (Å²) >= 11 is 0. The third kappa shape index (κ3) is 0.955. The van der Waals surface area contributed by atoms with Gasteiger partial charge in [0, 0.05) is 18.6 Å². The Morgan fingerprint density at radius 1 is 1.44 bits per heavy atom. The molecule has 2 N–H and O–H groups in total. The van der Waals surface area contributed by atoms with E-state index in [2.05, 4.69) is 0 Å². The average molecular weight is 150 g/mol. The molecule has 2 rings (SSSR count). The molecule has 3 heteroatoms. The molecule has 1 saturated carbocycles. The summed E-state index contributed by atoms with van der Waals surface area (Å²) in [6.07, 6.45) is 2.85. The summed E-state index contributed by atoms with van der Waals surface area (Å²) in [6, 6.07) is 0.461. The molecule has 9 heavy (non-hydrogen) atoms. The predicted octanol–water partition coefficient (Wildman–Crippen LogP) is 0.544. The van der Waals surface area contributed by atoms with Gasteiger partial charge in [-0.05, 0) is 12.8 Å². The first-order valence-electron chi connectivity index (χ1n) is 3.25. The highest BCUT2D eigenvalue weighted by Gasteiger charge is 2.42. The zero-order valence-corrected chi connectivity index (χ0v) is 6.06. The van der Waals surface area contributed by atoms with Crippen molar-refractivity contribution in [2.45, 2.75) is 25.0 Å². The molecular formula is C6H12ClNO. The molecule has 0 amide bonds. The third-order valence-corrected chi connectivity index (χ3v) is 2.32. The largest absolute Gasteiger partial charge is 0.378 e. The Balaban J connectivity index is 0.000000405. The fourth-order valence-electron chi connectivity index (χ4n) is 1.64. The molecule has 2 fully saturated rings. The van der Waals surface area contributed by atoms with Gasteiger partial charge in [-0.25, -0.2) is 0 Å². The number of rotatable bonds is 0. The molecule has 0 aromatic heterocycles. The first-order valence-corrected chi connectivity index (χ1v) is 3.25. The molecule has 0 spiro atoms. The van der Waals surface area contributed by atoms with Crippen LogP contribution in [0.4, 0.5) is 0 Å². The highest BCUT2D eigenvalue weighted by molar-refractivity contribution is 5.85. The number of ether oxygens (including phenoxy) is 1. The summed E-state index contributed by atoms with van der Waals surface area (Å²) in [5.41, 5.74) is 5.68. The lowest BCUT2D eigenvalue weighted by atomic mass is 9.77. The molecule has 2 nitrogen and oxygen atoms in total. The molecule has 0 aromatic rings. The van der Waals surface area contributed by atoms with Gasteiger partial charge in [-0.3, -0.25) is 0 Å². The van der Waals surface area contributed by atoms with Gasteiger partial charge in [0.2, 0.25) is 0 Å². The van der Waals surface area contributed by atoms with Crippen molar-refractivity contribution >= 4 is 12.4 Å². The Labute approximate surface area is 61.2 Å². The number of hydrogen-bond acceptors (Lipinski definition) is 2. The monoisotopic (exact) mass is 149 g/mol. The fraction of sp³-hybridized carbons (Fsp3) is 1.00. The molecule has 3 atom stereocenters. The maximum absolute atomic E-state index is 5.68. The summed E-state index contributed by atoms with van der Waals surface area (Å²) in [6.45, 7) is 0.947. The van der Waals surface area contributed by atoms with Gasteiger partial charge in [0.15, 0.2) is 0 Å². The van der Waals surface area contributed by atoms with E-state index in [0.717, 1.165) is 18.9 Å². The van der Waals surface area contributed by atoms with E-state index >= 15 is 0 Å². The Hall–Kier alpha value is 0.210. The quantitative estimate of drug-likeness (QED) is 0.546. The lowest BCUT2D eigenvalue weighted by Crippen LogP contribution is -2.48. The molecule has 1 aliphatic heterocycles. The van der Waals surface area contributed by atoms with Crippen LogP contribution in [-0.2, 0) is 4.74 Å². The highest BCUT2D eigenvalue weighted by atomic mass is 35.5. The molecule has 1 heterocycles. The van der Waals surface area contributed by atoms with E-state index in [-0.39, 0.29) is 12.4 Å². The van der Waals surface area contributed by atoms with Gasteiger partial charge in [0.25, 0.3) is 0 Å². The van der Waals surface area contributed by atoms with Crippen molar-refractivity contribution in [2.24, 2.45) is 11.7 Å². The SMILES string of the molecule is Cl.N[C@@H]1C[C@H]2OCC[C@@H]12. The van der Waals surface area contributed by atoms with Gasteiger partial charge in [-0.2, -0.15) is 0 Å². The number of nitrogens with two attached hydrogens (primary N) is 1. The van der Waals surface area contributed by atoms with Gasteiger partial charge in [-0.15, -0.1) is 12.4 Å². The topological polar surface area (TPSA) is 35.2 Å². The third-order valence-electron chi connectivity index (χ3n) is 2.32. The average Bonchev–Trinajstić information content (AvgIpc) is 2.09. The van der Waals surface area contributed by atoms with Crippen LogP contribution in [0.2, 0.25) is 0 Å². The molecule has 0 aromatic carbocycles. The second kappa shape index (κ2) is 2.45.